The molecule has 1 atom stereocenters. The maximum atomic E-state index is 13.2. The SMILES string of the molecule is C=C1CCC(N2C(=O)c3ccc(OCCN4CCC(CN5CCC(n6cc7cc(NC(=O)c8cccc(C(F)(F)F)n8)c(OC)cc7n6)CC5)CC4)cc3C2=O)C(=O)N1. The lowest BCUT2D eigenvalue weighted by atomic mass is 9.94. The van der Waals surface area contributed by atoms with E-state index < -0.39 is 41.5 Å². The zero-order valence-electron chi connectivity index (χ0n) is 32.6. The first-order valence-electron chi connectivity index (χ1n) is 19.8. The van der Waals surface area contributed by atoms with Crippen molar-refractivity contribution in [3.8, 4) is 11.5 Å². The minimum absolute atomic E-state index is 0.196. The predicted octanol–water partition coefficient (Wildman–Crippen LogP) is 5.53. The van der Waals surface area contributed by atoms with Crippen LogP contribution in [0.15, 0.2) is 67.0 Å². The van der Waals surface area contributed by atoms with E-state index in [2.05, 4.69) is 32.0 Å². The van der Waals surface area contributed by atoms with Gasteiger partial charge in [0.25, 0.3) is 17.7 Å². The van der Waals surface area contributed by atoms with Gasteiger partial charge >= 0.3 is 6.18 Å². The number of allylic oxidation sites excluding steroid dienone is 1. The number of methoxy groups -OCH3 is 1. The van der Waals surface area contributed by atoms with Gasteiger partial charge in [0.1, 0.15) is 35.5 Å². The van der Waals surface area contributed by atoms with Gasteiger partial charge in [0.15, 0.2) is 0 Å². The van der Waals surface area contributed by atoms with Crippen LogP contribution in [0.4, 0.5) is 18.9 Å². The van der Waals surface area contributed by atoms with Gasteiger partial charge in [-0.25, -0.2) is 4.98 Å². The molecule has 4 amide bonds. The molecule has 59 heavy (non-hydrogen) atoms. The Hall–Kier alpha value is -5.81. The topological polar surface area (TPSA) is 151 Å². The summed E-state index contributed by atoms with van der Waals surface area (Å²) in [4.78, 5) is 61.1. The standard InChI is InChI=1S/C42H45F3N8O6/c1-25-6-9-35(39(55)46-25)53-40(56)30-8-7-29(21-31(30)41(53)57)59-19-18-50-14-10-26(11-15-50)23-51-16-12-28(13-17-51)52-24-27-20-34(36(58-2)22-33(27)49-52)48-38(54)32-4-3-5-37(47-32)42(43,44)45/h3-5,7-8,20-22,24,26,28,35H,1,6,9-19,23H2,2H3,(H,46,55)(H,48,54). The van der Waals surface area contributed by atoms with Crippen LogP contribution < -0.4 is 20.1 Å². The second-order valence-electron chi connectivity index (χ2n) is 15.6. The Bertz CT molecular complexity index is 2300. The molecule has 6 heterocycles. The average molecular weight is 815 g/mol. The molecule has 2 aromatic heterocycles. The lowest BCUT2D eigenvalue weighted by Gasteiger charge is -2.37. The third kappa shape index (κ3) is 8.52. The molecule has 1 unspecified atom stereocenters. The van der Waals surface area contributed by atoms with E-state index in [-0.39, 0.29) is 22.9 Å². The molecule has 14 nitrogen and oxygen atoms in total. The van der Waals surface area contributed by atoms with E-state index in [1.165, 1.54) is 13.2 Å². The molecule has 2 aromatic carbocycles. The molecule has 0 radical (unpaired) electrons. The quantitative estimate of drug-likeness (QED) is 0.185. The van der Waals surface area contributed by atoms with Crippen LogP contribution in [0.5, 0.6) is 11.5 Å². The molecule has 4 aromatic rings. The number of alkyl halides is 3. The van der Waals surface area contributed by atoms with Gasteiger partial charge in [-0.1, -0.05) is 12.6 Å². The number of nitrogens with zero attached hydrogens (tertiary/aromatic N) is 6. The highest BCUT2D eigenvalue weighted by molar-refractivity contribution is 6.23. The Kier molecular flexibility index (Phi) is 11.1. The number of imide groups is 1. The molecule has 17 heteroatoms. The lowest BCUT2D eigenvalue weighted by molar-refractivity contribution is -0.141. The van der Waals surface area contributed by atoms with Crippen LogP contribution in [0.2, 0.25) is 0 Å². The van der Waals surface area contributed by atoms with Gasteiger partial charge < -0.3 is 25.0 Å². The summed E-state index contributed by atoms with van der Waals surface area (Å²) in [5.74, 6) is -0.688. The van der Waals surface area contributed by atoms with Crippen molar-refractivity contribution in [2.24, 2.45) is 5.92 Å². The van der Waals surface area contributed by atoms with E-state index in [0.29, 0.717) is 53.8 Å². The summed E-state index contributed by atoms with van der Waals surface area (Å²) >= 11 is 0. The number of likely N-dealkylation sites (tertiary alicyclic amines) is 2. The molecule has 0 bridgehead atoms. The Labute approximate surface area is 338 Å². The number of anilines is 1. The summed E-state index contributed by atoms with van der Waals surface area (Å²) in [6.45, 7) is 9.81. The molecular weight excluding hydrogens is 770 g/mol. The average Bonchev–Trinajstić information content (AvgIpc) is 3.75. The molecule has 0 saturated carbocycles. The van der Waals surface area contributed by atoms with Crippen LogP contribution in [-0.4, -0.2) is 112 Å². The van der Waals surface area contributed by atoms with Crippen molar-refractivity contribution in [1.82, 2.24) is 34.8 Å². The van der Waals surface area contributed by atoms with Crippen LogP contribution in [0, 0.1) is 5.92 Å². The predicted molar refractivity (Wildman–Crippen MR) is 210 cm³/mol. The van der Waals surface area contributed by atoms with Gasteiger partial charge in [0, 0.05) is 49.5 Å². The first-order chi connectivity index (χ1) is 28.3. The number of halogens is 3. The second kappa shape index (κ2) is 16.4. The minimum atomic E-state index is -4.67. The van der Waals surface area contributed by atoms with E-state index in [4.69, 9.17) is 14.6 Å². The van der Waals surface area contributed by atoms with E-state index in [1.807, 2.05) is 10.9 Å². The zero-order valence-corrected chi connectivity index (χ0v) is 32.6. The number of rotatable bonds is 11. The summed E-state index contributed by atoms with van der Waals surface area (Å²) < 4.78 is 53.0. The van der Waals surface area contributed by atoms with Gasteiger partial charge in [0.2, 0.25) is 5.91 Å². The number of pyridine rings is 1. The van der Waals surface area contributed by atoms with E-state index in [0.717, 1.165) is 87.4 Å². The molecule has 3 fully saturated rings. The summed E-state index contributed by atoms with van der Waals surface area (Å²) in [6, 6.07) is 10.8. The smallest absolute Gasteiger partial charge is 0.433 e. The third-order valence-electron chi connectivity index (χ3n) is 11.7. The van der Waals surface area contributed by atoms with E-state index in [9.17, 15) is 32.3 Å². The van der Waals surface area contributed by atoms with Crippen LogP contribution in [-0.2, 0) is 11.0 Å². The summed E-state index contributed by atoms with van der Waals surface area (Å²) in [5.41, 5.74) is 0.597. The number of nitrogens with one attached hydrogen (secondary N) is 2. The molecule has 8 rings (SSSR count). The minimum Gasteiger partial charge on any atom is -0.494 e. The Morgan fingerprint density at radius 3 is 2.42 bits per heavy atom. The maximum absolute atomic E-state index is 13.2. The van der Waals surface area contributed by atoms with Gasteiger partial charge in [0.05, 0.1) is 35.5 Å². The second-order valence-corrected chi connectivity index (χ2v) is 15.6. The summed E-state index contributed by atoms with van der Waals surface area (Å²) in [5, 5.41) is 10.9. The number of fused-ring (bicyclic) bond motifs is 2. The van der Waals surface area contributed by atoms with Crippen LogP contribution in [0.3, 0.4) is 0 Å². The third-order valence-corrected chi connectivity index (χ3v) is 11.7. The largest absolute Gasteiger partial charge is 0.494 e. The fraction of sp³-hybridized carbons (Fsp3) is 0.429. The fourth-order valence-electron chi connectivity index (χ4n) is 8.47. The number of piperidine rings is 3. The molecule has 0 spiro atoms. The molecule has 3 saturated heterocycles. The first kappa shape index (κ1) is 40.0. The van der Waals surface area contributed by atoms with Crippen molar-refractivity contribution < 1.29 is 41.8 Å². The van der Waals surface area contributed by atoms with Gasteiger partial charge in [-0.05, 0) is 93.9 Å². The molecule has 4 aliphatic rings. The fourth-order valence-corrected chi connectivity index (χ4v) is 8.47. The molecule has 310 valence electrons. The van der Waals surface area contributed by atoms with Gasteiger partial charge in [-0.15, -0.1) is 0 Å². The van der Waals surface area contributed by atoms with Crippen LogP contribution in [0.25, 0.3) is 10.9 Å². The van der Waals surface area contributed by atoms with Crippen molar-refractivity contribution in [2.45, 2.75) is 56.8 Å². The maximum Gasteiger partial charge on any atom is 0.433 e. The van der Waals surface area contributed by atoms with Crippen LogP contribution >= 0.6 is 0 Å². The van der Waals surface area contributed by atoms with Crippen LogP contribution in [0.1, 0.15) is 81.5 Å². The highest BCUT2D eigenvalue weighted by Crippen LogP contribution is 2.34. The number of hydrogen-bond donors (Lipinski definition) is 2. The number of carbonyl (C=O) groups is 4. The molecular formula is C42H45F3N8O6. The lowest BCUT2D eigenvalue weighted by Crippen LogP contribution is -2.51. The Balaban J connectivity index is 0.779. The number of ether oxygens (including phenoxy) is 2. The number of hydrogen-bond acceptors (Lipinski definition) is 10. The summed E-state index contributed by atoms with van der Waals surface area (Å²) in [7, 11) is 1.45. The van der Waals surface area contributed by atoms with Crippen molar-refractivity contribution in [3.63, 3.8) is 0 Å². The Morgan fingerprint density at radius 1 is 0.949 bits per heavy atom. The highest BCUT2D eigenvalue weighted by atomic mass is 19.4. The molecule has 2 N–H and O–H groups in total. The number of carbonyl (C=O) groups excluding carboxylic acids is 4. The number of benzene rings is 2. The van der Waals surface area contributed by atoms with E-state index in [1.54, 1.807) is 30.3 Å². The monoisotopic (exact) mass is 814 g/mol. The van der Waals surface area contributed by atoms with E-state index >= 15 is 0 Å². The first-order valence-corrected chi connectivity index (χ1v) is 19.8. The Morgan fingerprint density at radius 2 is 1.69 bits per heavy atom. The number of aromatic nitrogens is 3. The van der Waals surface area contributed by atoms with Crippen molar-refractivity contribution in [3.05, 3.63) is 89.5 Å². The normalized spacial score (nSPS) is 19.9. The van der Waals surface area contributed by atoms with Gasteiger partial charge in [-0.3, -0.25) is 33.7 Å². The molecule has 0 aliphatic carbocycles. The van der Waals surface area contributed by atoms with Gasteiger partial charge in [-0.2, -0.15) is 18.3 Å². The summed E-state index contributed by atoms with van der Waals surface area (Å²) in [6.07, 6.45) is 2.15. The zero-order chi connectivity index (χ0) is 41.4. The highest BCUT2D eigenvalue weighted by Gasteiger charge is 2.44. The van der Waals surface area contributed by atoms with Crippen molar-refractivity contribution in [1.29, 1.82) is 0 Å². The van der Waals surface area contributed by atoms with Crippen molar-refractivity contribution >= 4 is 40.2 Å². The molecule has 4 aliphatic heterocycles. The number of amides is 4. The van der Waals surface area contributed by atoms with Crippen molar-refractivity contribution in [2.75, 3.05) is 58.3 Å².